The molecule has 0 fully saturated rings. The molecule has 3 aromatic rings. The molecule has 11 heteroatoms. The van der Waals surface area contributed by atoms with Gasteiger partial charge in [-0.25, -0.2) is 0 Å². The molecule has 11 nitrogen and oxygen atoms in total. The van der Waals surface area contributed by atoms with Gasteiger partial charge in [-0.3, -0.25) is 24.0 Å². The molecule has 2 atom stereocenters. The molecular formula is C46H54O11. The second kappa shape index (κ2) is 21.0. The van der Waals surface area contributed by atoms with Crippen LogP contribution in [0.5, 0.6) is 5.75 Å². The summed E-state index contributed by atoms with van der Waals surface area (Å²) in [5.41, 5.74) is 1.41. The summed E-state index contributed by atoms with van der Waals surface area (Å²) in [6.07, 6.45) is 2.34. The number of unbranched alkanes of at least 4 members (excludes halogenated alkanes) is 1. The van der Waals surface area contributed by atoms with Crippen molar-refractivity contribution in [3.63, 3.8) is 0 Å². The monoisotopic (exact) mass is 782 g/mol. The van der Waals surface area contributed by atoms with E-state index >= 15 is 0 Å². The maximum absolute atomic E-state index is 14.8. The third kappa shape index (κ3) is 10.4. The zero-order valence-corrected chi connectivity index (χ0v) is 32.5. The number of benzene rings is 3. The molecule has 0 heterocycles. The highest BCUT2D eigenvalue weighted by molar-refractivity contribution is 5.94. The van der Waals surface area contributed by atoms with Gasteiger partial charge in [0.2, 0.25) is 0 Å². The number of carboxylic acids is 5. The zero-order chi connectivity index (χ0) is 41.4. The quantitative estimate of drug-likeness (QED) is 0.0406. The summed E-state index contributed by atoms with van der Waals surface area (Å²) >= 11 is 0. The summed E-state index contributed by atoms with van der Waals surface area (Å²) < 4.78 is 6.11. The number of para-hydroxylation sites is 1. The Morgan fingerprint density at radius 2 is 1.18 bits per heavy atom. The van der Waals surface area contributed by atoms with Crippen LogP contribution in [-0.2, 0) is 29.4 Å². The summed E-state index contributed by atoms with van der Waals surface area (Å²) in [5, 5.41) is 51.0. The van der Waals surface area contributed by atoms with Gasteiger partial charge in [0.1, 0.15) is 11.2 Å². The van der Waals surface area contributed by atoms with Gasteiger partial charge in [-0.1, -0.05) is 104 Å². The Kier molecular flexibility index (Phi) is 16.2. The van der Waals surface area contributed by atoms with Crippen molar-refractivity contribution in [2.45, 2.75) is 102 Å². The van der Waals surface area contributed by atoms with Crippen LogP contribution in [0.15, 0.2) is 108 Å². The maximum Gasteiger partial charge on any atom is 0.317 e. The Balaban J connectivity index is 2.13. The number of hydrogen-bond acceptors (Lipinski definition) is 6. The van der Waals surface area contributed by atoms with E-state index < -0.39 is 46.6 Å². The Morgan fingerprint density at radius 1 is 0.614 bits per heavy atom. The van der Waals surface area contributed by atoms with E-state index in [1.807, 2.05) is 97.9 Å². The highest BCUT2D eigenvalue weighted by Crippen LogP contribution is 2.65. The Bertz CT molecular complexity index is 1890. The molecule has 0 bridgehead atoms. The topological polar surface area (TPSA) is 196 Å². The van der Waals surface area contributed by atoms with Crippen molar-refractivity contribution >= 4 is 35.4 Å². The van der Waals surface area contributed by atoms with Crippen molar-refractivity contribution in [3.8, 4) is 5.75 Å². The first-order valence-electron chi connectivity index (χ1n) is 19.8. The van der Waals surface area contributed by atoms with E-state index in [1.54, 1.807) is 0 Å². The van der Waals surface area contributed by atoms with Crippen LogP contribution in [0.25, 0.3) is 5.57 Å². The summed E-state index contributed by atoms with van der Waals surface area (Å²) in [5.74, 6) is -7.01. The van der Waals surface area contributed by atoms with Crippen molar-refractivity contribution in [3.05, 3.63) is 119 Å². The lowest BCUT2D eigenvalue weighted by Crippen LogP contribution is -2.56. The second-order valence-electron chi connectivity index (χ2n) is 14.6. The molecular weight excluding hydrogens is 728 g/mol. The predicted octanol–water partition coefficient (Wildman–Crippen LogP) is 9.27. The maximum atomic E-state index is 14.8. The van der Waals surface area contributed by atoms with Crippen LogP contribution in [0, 0.1) is 11.3 Å². The van der Waals surface area contributed by atoms with Gasteiger partial charge in [0, 0.05) is 18.3 Å². The van der Waals surface area contributed by atoms with E-state index in [-0.39, 0.29) is 77.2 Å². The standard InChI is InChI=1S/C46H54O11/c1-2-29-45(33-19-8-4-9-20-33)38(25-14-24-36(42(51)52)43(53)54)41(32-17-6-3-7-18-32)35(23-15-28-40(49)50)37(26-16-31-57-34-21-10-5-11-22-34)46(45,44(55)56)30-13-12-27-39(47)48/h3-11,17-22,36H,2,12-16,23-31H2,1H3,(H,47,48)(H,49,50)(H,51,52)(H,53,54)(H,55,56). The first-order chi connectivity index (χ1) is 27.4. The van der Waals surface area contributed by atoms with Crippen molar-refractivity contribution in [1.29, 1.82) is 0 Å². The average Bonchev–Trinajstić information content (AvgIpc) is 3.18. The third-order valence-electron chi connectivity index (χ3n) is 11.2. The SMILES string of the molecule is CCCC1(c2ccccc2)C(CCCC(C(=O)O)C(=O)O)=C(c2ccccc2)C(CCCC(=O)O)=C(CCCOc2ccccc2)C1(CCCCC(=O)O)C(=O)O. The number of carbonyl (C=O) groups is 5. The Labute approximate surface area is 333 Å². The summed E-state index contributed by atoms with van der Waals surface area (Å²) in [6.45, 7) is 2.24. The Hall–Kier alpha value is -5.71. The number of hydrogen-bond donors (Lipinski definition) is 5. The van der Waals surface area contributed by atoms with Crippen molar-refractivity contribution < 1.29 is 54.2 Å². The van der Waals surface area contributed by atoms with E-state index in [0.29, 0.717) is 36.2 Å². The smallest absolute Gasteiger partial charge is 0.317 e. The van der Waals surface area contributed by atoms with Gasteiger partial charge in [0.25, 0.3) is 0 Å². The lowest BCUT2D eigenvalue weighted by atomic mass is 9.45. The summed E-state index contributed by atoms with van der Waals surface area (Å²) in [4.78, 5) is 62.6. The number of allylic oxidation sites excluding steroid dienone is 3. The van der Waals surface area contributed by atoms with Crippen LogP contribution in [0.2, 0.25) is 0 Å². The van der Waals surface area contributed by atoms with Gasteiger partial charge in [-0.15, -0.1) is 0 Å². The first-order valence-corrected chi connectivity index (χ1v) is 19.8. The van der Waals surface area contributed by atoms with Gasteiger partial charge >= 0.3 is 29.8 Å². The molecule has 0 saturated heterocycles. The summed E-state index contributed by atoms with van der Waals surface area (Å²) in [6, 6.07) is 28.1. The molecule has 3 aromatic carbocycles. The minimum absolute atomic E-state index is 0.0697. The molecule has 0 aliphatic heterocycles. The van der Waals surface area contributed by atoms with E-state index in [1.165, 1.54) is 0 Å². The van der Waals surface area contributed by atoms with Crippen molar-refractivity contribution in [2.24, 2.45) is 11.3 Å². The second-order valence-corrected chi connectivity index (χ2v) is 14.6. The lowest BCUT2D eigenvalue weighted by Gasteiger charge is -2.56. The normalized spacial score (nSPS) is 18.1. The molecule has 0 saturated carbocycles. The van der Waals surface area contributed by atoms with E-state index in [4.69, 9.17) is 4.74 Å². The van der Waals surface area contributed by atoms with Gasteiger partial charge in [0.05, 0.1) is 6.61 Å². The van der Waals surface area contributed by atoms with Crippen LogP contribution in [0.3, 0.4) is 0 Å². The van der Waals surface area contributed by atoms with Gasteiger partial charge in [-0.2, -0.15) is 0 Å². The number of carboxylic acid groups (broad SMARTS) is 5. The lowest BCUT2D eigenvalue weighted by molar-refractivity contribution is -0.155. The fourth-order valence-corrected chi connectivity index (χ4v) is 8.93. The number of ether oxygens (including phenoxy) is 1. The van der Waals surface area contributed by atoms with Gasteiger partial charge in [0.15, 0.2) is 5.92 Å². The van der Waals surface area contributed by atoms with E-state index in [2.05, 4.69) is 0 Å². The molecule has 1 aliphatic carbocycles. The molecule has 0 spiro atoms. The molecule has 4 rings (SSSR count). The minimum atomic E-state index is -1.67. The fraction of sp³-hybridized carbons (Fsp3) is 0.413. The first kappa shape index (κ1) is 44.0. The van der Waals surface area contributed by atoms with Crippen molar-refractivity contribution in [1.82, 2.24) is 0 Å². The highest BCUT2D eigenvalue weighted by Gasteiger charge is 2.63. The molecule has 5 N–H and O–H groups in total. The third-order valence-corrected chi connectivity index (χ3v) is 11.2. The average molecular weight is 783 g/mol. The van der Waals surface area contributed by atoms with Crippen LogP contribution in [-0.4, -0.2) is 62.0 Å². The molecule has 0 radical (unpaired) electrons. The van der Waals surface area contributed by atoms with E-state index in [9.17, 15) is 49.5 Å². The largest absolute Gasteiger partial charge is 0.494 e. The van der Waals surface area contributed by atoms with E-state index in [0.717, 1.165) is 22.3 Å². The van der Waals surface area contributed by atoms with Crippen molar-refractivity contribution in [2.75, 3.05) is 6.61 Å². The number of aliphatic carboxylic acids is 5. The summed E-state index contributed by atoms with van der Waals surface area (Å²) in [7, 11) is 0. The Morgan fingerprint density at radius 3 is 1.74 bits per heavy atom. The van der Waals surface area contributed by atoms with Crippen LogP contribution < -0.4 is 4.74 Å². The van der Waals surface area contributed by atoms with Crippen LogP contribution >= 0.6 is 0 Å². The van der Waals surface area contributed by atoms with Crippen LogP contribution in [0.4, 0.5) is 0 Å². The van der Waals surface area contributed by atoms with Gasteiger partial charge in [-0.05, 0) is 104 Å². The number of rotatable bonds is 25. The van der Waals surface area contributed by atoms with Crippen LogP contribution in [0.1, 0.15) is 108 Å². The molecule has 0 aromatic heterocycles. The molecule has 0 amide bonds. The fourth-order valence-electron chi connectivity index (χ4n) is 8.93. The predicted molar refractivity (Wildman–Crippen MR) is 215 cm³/mol. The highest BCUT2D eigenvalue weighted by atomic mass is 16.5. The molecule has 2 unspecified atom stereocenters. The minimum Gasteiger partial charge on any atom is -0.494 e. The molecule has 304 valence electrons. The molecule has 57 heavy (non-hydrogen) atoms. The zero-order valence-electron chi connectivity index (χ0n) is 32.5. The molecule has 1 aliphatic rings. The van der Waals surface area contributed by atoms with Gasteiger partial charge < -0.3 is 30.3 Å².